The fourth-order valence-corrected chi connectivity index (χ4v) is 2.25. The number of fused-ring (bicyclic) bond motifs is 1. The van der Waals surface area contributed by atoms with Crippen LogP contribution in [0.1, 0.15) is 40.3 Å². The molecule has 1 heterocycles. The van der Waals surface area contributed by atoms with Gasteiger partial charge >= 0.3 is 0 Å². The van der Waals surface area contributed by atoms with E-state index in [9.17, 15) is 14.4 Å². The van der Waals surface area contributed by atoms with Crippen LogP contribution in [-0.4, -0.2) is 17.3 Å². The van der Waals surface area contributed by atoms with E-state index in [2.05, 4.69) is 0 Å². The van der Waals surface area contributed by atoms with E-state index >= 15 is 0 Å². The highest BCUT2D eigenvalue weighted by Crippen LogP contribution is 2.37. The molecule has 0 saturated heterocycles. The maximum Gasteiger partial charge on any atom is 0.246 e. The summed E-state index contributed by atoms with van der Waals surface area (Å²) < 4.78 is 5.15. The summed E-state index contributed by atoms with van der Waals surface area (Å²) in [5, 5.41) is -0.561. The van der Waals surface area contributed by atoms with Crippen LogP contribution in [0.5, 0.6) is 0 Å². The minimum Gasteiger partial charge on any atom is -0.462 e. The lowest BCUT2D eigenvalue weighted by atomic mass is 9.94. The van der Waals surface area contributed by atoms with Crippen LogP contribution in [0.25, 0.3) is 5.03 Å². The van der Waals surface area contributed by atoms with Crippen LogP contribution in [0.4, 0.5) is 0 Å². The zero-order valence-corrected chi connectivity index (χ0v) is 12.7. The molecule has 0 amide bonds. The lowest BCUT2D eigenvalue weighted by Crippen LogP contribution is -2.22. The summed E-state index contributed by atoms with van der Waals surface area (Å²) >= 11 is 11.6. The van der Waals surface area contributed by atoms with Gasteiger partial charge in [-0.3, -0.25) is 14.4 Å². The summed E-state index contributed by atoms with van der Waals surface area (Å²) in [6.07, 6.45) is 6.16. The SMILES string of the molecule is CC=CC=C(C)C(=O)c1coc2c1C(=O)C(=O)C(Cl)=C2Cl. The first-order valence-corrected chi connectivity index (χ1v) is 6.76. The van der Waals surface area contributed by atoms with E-state index in [4.69, 9.17) is 27.6 Å². The number of allylic oxidation sites excluding steroid dienone is 5. The minimum atomic E-state index is -0.945. The van der Waals surface area contributed by atoms with E-state index in [1.165, 1.54) is 0 Å². The Morgan fingerprint density at radius 2 is 1.86 bits per heavy atom. The van der Waals surface area contributed by atoms with E-state index in [0.717, 1.165) is 6.26 Å². The van der Waals surface area contributed by atoms with Crippen LogP contribution < -0.4 is 0 Å². The van der Waals surface area contributed by atoms with Crippen molar-refractivity contribution >= 4 is 45.6 Å². The molecule has 21 heavy (non-hydrogen) atoms. The van der Waals surface area contributed by atoms with Gasteiger partial charge in [0.1, 0.15) is 16.3 Å². The van der Waals surface area contributed by atoms with Gasteiger partial charge in [0.05, 0.1) is 11.1 Å². The number of ketones is 3. The van der Waals surface area contributed by atoms with Crippen molar-refractivity contribution in [2.75, 3.05) is 0 Å². The Morgan fingerprint density at radius 3 is 2.48 bits per heavy atom. The number of halogens is 2. The van der Waals surface area contributed by atoms with Gasteiger partial charge in [0.15, 0.2) is 11.5 Å². The first-order valence-electron chi connectivity index (χ1n) is 6.00. The van der Waals surface area contributed by atoms with Gasteiger partial charge < -0.3 is 4.42 Å². The Bertz CT molecular complexity index is 748. The highest BCUT2D eigenvalue weighted by Gasteiger charge is 2.37. The van der Waals surface area contributed by atoms with Gasteiger partial charge in [0.25, 0.3) is 0 Å². The molecule has 0 N–H and O–H groups in total. The smallest absolute Gasteiger partial charge is 0.246 e. The van der Waals surface area contributed by atoms with Crippen LogP contribution in [-0.2, 0) is 4.79 Å². The number of hydrogen-bond donors (Lipinski definition) is 0. The van der Waals surface area contributed by atoms with Crippen molar-refractivity contribution in [3.63, 3.8) is 0 Å². The van der Waals surface area contributed by atoms with Gasteiger partial charge in [-0.05, 0) is 19.4 Å². The summed E-state index contributed by atoms with van der Waals surface area (Å²) in [6.45, 7) is 3.41. The molecule has 0 aliphatic heterocycles. The Labute approximate surface area is 130 Å². The monoisotopic (exact) mass is 324 g/mol. The molecule has 2 rings (SSSR count). The number of furan rings is 1. The van der Waals surface area contributed by atoms with Crippen LogP contribution in [0.15, 0.2) is 39.5 Å². The van der Waals surface area contributed by atoms with E-state index < -0.39 is 22.4 Å². The molecule has 0 atom stereocenters. The molecule has 0 unspecified atom stereocenters. The minimum absolute atomic E-state index is 0.00363. The predicted octanol–water partition coefficient (Wildman–Crippen LogP) is 3.90. The normalized spacial score (nSPS) is 15.9. The van der Waals surface area contributed by atoms with Crippen molar-refractivity contribution in [1.29, 1.82) is 0 Å². The van der Waals surface area contributed by atoms with Crippen LogP contribution >= 0.6 is 23.2 Å². The third kappa shape index (κ3) is 2.52. The van der Waals surface area contributed by atoms with Crippen LogP contribution in [0, 0.1) is 0 Å². The van der Waals surface area contributed by atoms with Gasteiger partial charge in [-0.15, -0.1) is 0 Å². The number of carbonyl (C=O) groups excluding carboxylic acids is 3. The van der Waals surface area contributed by atoms with Crippen molar-refractivity contribution in [3.05, 3.63) is 52.0 Å². The predicted molar refractivity (Wildman–Crippen MR) is 79.6 cm³/mol. The average molecular weight is 325 g/mol. The van der Waals surface area contributed by atoms with Gasteiger partial charge in [-0.25, -0.2) is 0 Å². The molecule has 1 aromatic rings. The number of carbonyl (C=O) groups is 3. The molecule has 6 heteroatoms. The fraction of sp³-hybridized carbons (Fsp3) is 0.133. The van der Waals surface area contributed by atoms with E-state index in [1.807, 2.05) is 6.92 Å². The van der Waals surface area contributed by atoms with Crippen molar-refractivity contribution < 1.29 is 18.8 Å². The zero-order chi connectivity index (χ0) is 15.7. The molecule has 1 aliphatic rings. The molecule has 0 fully saturated rings. The number of Topliss-reactive ketones (excluding diaryl/α,β-unsaturated/α-hetero) is 3. The topological polar surface area (TPSA) is 64.3 Å². The average Bonchev–Trinajstić information content (AvgIpc) is 2.92. The molecule has 1 aromatic heterocycles. The maximum atomic E-state index is 12.3. The third-order valence-electron chi connectivity index (χ3n) is 2.96. The second-order valence-electron chi connectivity index (χ2n) is 4.34. The van der Waals surface area contributed by atoms with Gasteiger partial charge in [-0.2, -0.15) is 0 Å². The molecule has 0 aromatic carbocycles. The summed E-state index contributed by atoms with van der Waals surface area (Å²) in [6, 6.07) is 0. The largest absolute Gasteiger partial charge is 0.462 e. The second kappa shape index (κ2) is 5.84. The zero-order valence-electron chi connectivity index (χ0n) is 11.2. The molecule has 4 nitrogen and oxygen atoms in total. The van der Waals surface area contributed by atoms with Crippen molar-refractivity contribution in [3.8, 4) is 0 Å². The molecular formula is C15H10Cl2O4. The summed E-state index contributed by atoms with van der Waals surface area (Å²) in [7, 11) is 0. The standard InChI is InChI=1S/C15H10Cl2O4/c1-3-4-5-7(2)12(18)8-6-21-15-9(8)13(19)14(20)10(16)11(15)17/h3-6H,1-2H3. The Kier molecular flexibility index (Phi) is 4.30. The molecule has 0 radical (unpaired) electrons. The van der Waals surface area contributed by atoms with Gasteiger partial charge in [0, 0.05) is 0 Å². The molecular weight excluding hydrogens is 315 g/mol. The summed E-state index contributed by atoms with van der Waals surface area (Å²) in [5.41, 5.74) is 0.269. The first-order chi connectivity index (χ1) is 9.90. The van der Waals surface area contributed by atoms with Crippen molar-refractivity contribution in [1.82, 2.24) is 0 Å². The molecule has 108 valence electrons. The Morgan fingerprint density at radius 1 is 1.19 bits per heavy atom. The Hall–Kier alpha value is -1.91. The maximum absolute atomic E-state index is 12.3. The van der Waals surface area contributed by atoms with Crippen molar-refractivity contribution in [2.45, 2.75) is 13.8 Å². The fourth-order valence-electron chi connectivity index (χ4n) is 1.85. The third-order valence-corrected chi connectivity index (χ3v) is 3.78. The van der Waals surface area contributed by atoms with E-state index in [1.54, 1.807) is 25.2 Å². The van der Waals surface area contributed by atoms with Crippen molar-refractivity contribution in [2.24, 2.45) is 0 Å². The number of hydrogen-bond acceptors (Lipinski definition) is 4. The highest BCUT2D eigenvalue weighted by molar-refractivity contribution is 6.71. The lowest BCUT2D eigenvalue weighted by Gasteiger charge is -2.09. The molecule has 1 aliphatic carbocycles. The van der Waals surface area contributed by atoms with Crippen LogP contribution in [0.2, 0.25) is 0 Å². The lowest BCUT2D eigenvalue weighted by molar-refractivity contribution is -0.111. The van der Waals surface area contributed by atoms with Gasteiger partial charge in [-0.1, -0.05) is 41.4 Å². The summed E-state index contributed by atoms with van der Waals surface area (Å²) in [4.78, 5) is 36.0. The summed E-state index contributed by atoms with van der Waals surface area (Å²) in [5.74, 6) is -2.30. The first kappa shape index (κ1) is 15.5. The highest BCUT2D eigenvalue weighted by atomic mass is 35.5. The quantitative estimate of drug-likeness (QED) is 0.366. The molecule has 0 spiro atoms. The van der Waals surface area contributed by atoms with Crippen LogP contribution in [0.3, 0.4) is 0 Å². The van der Waals surface area contributed by atoms with Gasteiger partial charge in [0.2, 0.25) is 11.6 Å². The van der Waals surface area contributed by atoms with E-state index in [0.29, 0.717) is 5.57 Å². The second-order valence-corrected chi connectivity index (χ2v) is 5.10. The molecule has 0 saturated carbocycles. The Balaban J connectivity index is 2.58. The molecule has 0 bridgehead atoms. The number of rotatable bonds is 3. The van der Waals surface area contributed by atoms with E-state index in [-0.39, 0.29) is 21.9 Å².